The van der Waals surface area contributed by atoms with Crippen LogP contribution in [-0.4, -0.2) is 29.9 Å². The molecule has 0 N–H and O–H groups in total. The minimum Gasteiger partial charge on any atom is -0.334 e. The highest BCUT2D eigenvalue weighted by Gasteiger charge is 2.36. The predicted molar refractivity (Wildman–Crippen MR) is 99.9 cm³/mol. The summed E-state index contributed by atoms with van der Waals surface area (Å²) >= 11 is 1.44. The maximum Gasteiger partial charge on any atom is 0.364 e. The maximum atomic E-state index is 12.5. The van der Waals surface area contributed by atoms with Crippen LogP contribution in [0.3, 0.4) is 0 Å². The predicted octanol–water partition coefficient (Wildman–Crippen LogP) is 4.08. The second kappa shape index (κ2) is 7.74. The molecule has 0 saturated carbocycles. The lowest BCUT2D eigenvalue weighted by molar-refractivity contribution is -0.222. The molecule has 1 aromatic carbocycles. The lowest BCUT2D eigenvalue weighted by Gasteiger charge is -2.32. The number of amides is 1. The zero-order valence-electron chi connectivity index (χ0n) is 14.8. The Hall–Kier alpha value is -2.60. The average molecular weight is 371 g/mol. The Kier molecular flexibility index (Phi) is 5.42. The van der Waals surface area contributed by atoms with Gasteiger partial charge in [-0.2, -0.15) is 0 Å². The standard InChI is InChI=1S/C20H21NO4S/c1-20(2,19(23)25-24-16-7-4-3-5-8-16)15-10-12-21(13-11-15)18(22)17-9-6-14-26-17/h3-10,14H,11-13H2,1-2H3. The number of para-hydroxylation sites is 1. The molecule has 0 atom stereocenters. The first-order valence-electron chi connectivity index (χ1n) is 8.45. The summed E-state index contributed by atoms with van der Waals surface area (Å²) in [6.07, 6.45) is 2.57. The molecule has 0 fully saturated rings. The Labute approximate surface area is 156 Å². The van der Waals surface area contributed by atoms with Crippen LogP contribution in [0.4, 0.5) is 0 Å². The van der Waals surface area contributed by atoms with Gasteiger partial charge >= 0.3 is 5.97 Å². The Morgan fingerprint density at radius 1 is 1.12 bits per heavy atom. The first-order valence-corrected chi connectivity index (χ1v) is 9.33. The number of nitrogens with zero attached hydrogens (tertiary/aromatic N) is 1. The molecular formula is C20H21NO4S. The van der Waals surface area contributed by atoms with Gasteiger partial charge in [-0.05, 0) is 43.8 Å². The molecule has 1 aliphatic rings. The molecule has 2 aromatic rings. The van der Waals surface area contributed by atoms with Crippen molar-refractivity contribution in [3.8, 4) is 5.75 Å². The fourth-order valence-electron chi connectivity index (χ4n) is 2.77. The molecule has 1 amide bonds. The van der Waals surface area contributed by atoms with Gasteiger partial charge in [-0.15, -0.1) is 11.3 Å². The Bertz CT molecular complexity index is 796. The molecule has 2 heterocycles. The zero-order chi connectivity index (χ0) is 18.6. The highest BCUT2D eigenvalue weighted by atomic mass is 32.1. The molecule has 26 heavy (non-hydrogen) atoms. The average Bonchev–Trinajstić information content (AvgIpc) is 3.21. The van der Waals surface area contributed by atoms with Gasteiger partial charge in [-0.3, -0.25) is 9.68 Å². The summed E-state index contributed by atoms with van der Waals surface area (Å²) in [5, 5.41) is 1.89. The third-order valence-electron chi connectivity index (χ3n) is 4.50. The molecule has 136 valence electrons. The Morgan fingerprint density at radius 3 is 2.50 bits per heavy atom. The van der Waals surface area contributed by atoms with Gasteiger partial charge in [-0.25, -0.2) is 9.68 Å². The third kappa shape index (κ3) is 3.96. The van der Waals surface area contributed by atoms with E-state index in [1.807, 2.05) is 43.5 Å². The quantitative estimate of drug-likeness (QED) is 0.451. The number of carbonyl (C=O) groups excluding carboxylic acids is 2. The van der Waals surface area contributed by atoms with E-state index in [0.29, 0.717) is 25.3 Å². The molecule has 0 unspecified atom stereocenters. The van der Waals surface area contributed by atoms with E-state index in [-0.39, 0.29) is 5.91 Å². The largest absolute Gasteiger partial charge is 0.364 e. The van der Waals surface area contributed by atoms with Gasteiger partial charge in [0.15, 0.2) is 5.75 Å². The number of benzene rings is 1. The molecule has 0 aliphatic carbocycles. The number of hydrogen-bond acceptors (Lipinski definition) is 5. The molecule has 1 aromatic heterocycles. The molecule has 3 rings (SSSR count). The van der Waals surface area contributed by atoms with E-state index in [4.69, 9.17) is 9.78 Å². The van der Waals surface area contributed by atoms with E-state index in [1.165, 1.54) is 11.3 Å². The number of rotatable bonds is 5. The van der Waals surface area contributed by atoms with Gasteiger partial charge in [0.1, 0.15) is 0 Å². The van der Waals surface area contributed by atoms with Crippen LogP contribution >= 0.6 is 11.3 Å². The van der Waals surface area contributed by atoms with Crippen molar-refractivity contribution >= 4 is 23.2 Å². The van der Waals surface area contributed by atoms with Crippen molar-refractivity contribution in [2.75, 3.05) is 13.1 Å². The number of carbonyl (C=O) groups is 2. The monoisotopic (exact) mass is 371 g/mol. The van der Waals surface area contributed by atoms with Crippen LogP contribution in [-0.2, 0) is 9.68 Å². The second-order valence-electron chi connectivity index (χ2n) is 6.60. The minimum atomic E-state index is -0.813. The van der Waals surface area contributed by atoms with Crippen molar-refractivity contribution in [1.82, 2.24) is 4.90 Å². The topological polar surface area (TPSA) is 55.8 Å². The van der Waals surface area contributed by atoms with Crippen LogP contribution in [0.5, 0.6) is 5.75 Å². The lowest BCUT2D eigenvalue weighted by atomic mass is 9.81. The first-order chi connectivity index (χ1) is 12.5. The zero-order valence-corrected chi connectivity index (χ0v) is 15.6. The van der Waals surface area contributed by atoms with Gasteiger partial charge in [0.05, 0.1) is 10.3 Å². The summed E-state index contributed by atoms with van der Waals surface area (Å²) in [5.41, 5.74) is 0.140. The fourth-order valence-corrected chi connectivity index (χ4v) is 3.47. The van der Waals surface area contributed by atoms with Crippen molar-refractivity contribution in [1.29, 1.82) is 0 Å². The van der Waals surface area contributed by atoms with Crippen LogP contribution in [0.2, 0.25) is 0 Å². The van der Waals surface area contributed by atoms with Gasteiger partial charge in [0, 0.05) is 13.1 Å². The van der Waals surface area contributed by atoms with Crippen LogP contribution in [0.1, 0.15) is 29.9 Å². The van der Waals surface area contributed by atoms with Crippen LogP contribution in [0.15, 0.2) is 59.5 Å². The molecular weight excluding hydrogens is 350 g/mol. The van der Waals surface area contributed by atoms with Gasteiger partial charge < -0.3 is 4.90 Å². The summed E-state index contributed by atoms with van der Waals surface area (Å²) < 4.78 is 0. The van der Waals surface area contributed by atoms with Crippen LogP contribution in [0.25, 0.3) is 0 Å². The van der Waals surface area contributed by atoms with Crippen molar-refractivity contribution in [2.45, 2.75) is 20.3 Å². The van der Waals surface area contributed by atoms with Crippen molar-refractivity contribution < 1.29 is 19.4 Å². The van der Waals surface area contributed by atoms with Crippen LogP contribution in [0, 0.1) is 5.41 Å². The normalized spacial score (nSPS) is 14.5. The second-order valence-corrected chi connectivity index (χ2v) is 7.55. The molecule has 1 aliphatic heterocycles. The molecule has 5 nitrogen and oxygen atoms in total. The Morgan fingerprint density at radius 2 is 1.88 bits per heavy atom. The summed E-state index contributed by atoms with van der Waals surface area (Å²) in [7, 11) is 0. The SMILES string of the molecule is CC(C)(C(=O)OOc1ccccc1)C1=CCN(C(=O)c2cccs2)CC1. The van der Waals surface area contributed by atoms with Gasteiger partial charge in [0.2, 0.25) is 0 Å². The fraction of sp³-hybridized carbons (Fsp3) is 0.300. The lowest BCUT2D eigenvalue weighted by Crippen LogP contribution is -2.38. The molecule has 0 bridgehead atoms. The highest BCUT2D eigenvalue weighted by molar-refractivity contribution is 7.12. The number of hydrogen-bond donors (Lipinski definition) is 0. The summed E-state index contributed by atoms with van der Waals surface area (Å²) in [4.78, 5) is 37.5. The summed E-state index contributed by atoms with van der Waals surface area (Å²) in [6.45, 7) is 4.69. The van der Waals surface area contributed by atoms with E-state index in [0.717, 1.165) is 10.5 Å². The highest BCUT2D eigenvalue weighted by Crippen LogP contribution is 2.33. The van der Waals surface area contributed by atoms with Gasteiger partial charge in [-0.1, -0.05) is 35.9 Å². The van der Waals surface area contributed by atoms with E-state index >= 15 is 0 Å². The van der Waals surface area contributed by atoms with Crippen LogP contribution < -0.4 is 4.89 Å². The van der Waals surface area contributed by atoms with Crippen molar-refractivity contribution in [2.24, 2.45) is 5.41 Å². The van der Waals surface area contributed by atoms with Crippen molar-refractivity contribution in [3.05, 3.63) is 64.4 Å². The first kappa shape index (κ1) is 18.2. The molecule has 6 heteroatoms. The summed E-state index contributed by atoms with van der Waals surface area (Å²) in [6, 6.07) is 12.6. The van der Waals surface area contributed by atoms with E-state index in [2.05, 4.69) is 0 Å². The smallest absolute Gasteiger partial charge is 0.334 e. The number of thiophene rings is 1. The molecule has 0 saturated heterocycles. The summed E-state index contributed by atoms with van der Waals surface area (Å²) in [5.74, 6) is 0.0516. The Balaban J connectivity index is 1.60. The van der Waals surface area contributed by atoms with E-state index < -0.39 is 11.4 Å². The minimum absolute atomic E-state index is 0.0306. The molecule has 0 radical (unpaired) electrons. The third-order valence-corrected chi connectivity index (χ3v) is 5.36. The maximum absolute atomic E-state index is 12.5. The molecule has 0 spiro atoms. The van der Waals surface area contributed by atoms with Gasteiger partial charge in [0.25, 0.3) is 5.91 Å². The van der Waals surface area contributed by atoms with E-state index in [1.54, 1.807) is 29.2 Å². The van der Waals surface area contributed by atoms with E-state index in [9.17, 15) is 9.59 Å². The van der Waals surface area contributed by atoms with Crippen molar-refractivity contribution in [3.63, 3.8) is 0 Å².